The Morgan fingerprint density at radius 3 is 2.84 bits per heavy atom. The van der Waals surface area contributed by atoms with Gasteiger partial charge in [-0.2, -0.15) is 4.98 Å². The molecule has 0 fully saturated rings. The molecule has 0 saturated heterocycles. The van der Waals surface area contributed by atoms with Gasteiger partial charge in [-0.1, -0.05) is 0 Å². The van der Waals surface area contributed by atoms with Crippen molar-refractivity contribution in [3.8, 4) is 0 Å². The van der Waals surface area contributed by atoms with E-state index in [0.29, 0.717) is 11.8 Å². The molecule has 1 atom stereocenters. The molecular weight excluding hydrogens is 264 g/mol. The molecule has 0 bridgehead atoms. The van der Waals surface area contributed by atoms with Crippen LogP contribution < -0.4 is 10.6 Å². The maximum absolute atomic E-state index is 9.81. The SMILES string of the molecule is CCNc1nc(NCC(C)(O)CO)c2ccsc2n1. The molecule has 0 aliphatic carbocycles. The third-order valence-corrected chi connectivity index (χ3v) is 3.44. The minimum Gasteiger partial charge on any atom is -0.393 e. The highest BCUT2D eigenvalue weighted by molar-refractivity contribution is 7.16. The smallest absolute Gasteiger partial charge is 0.226 e. The highest BCUT2D eigenvalue weighted by Gasteiger charge is 2.19. The van der Waals surface area contributed by atoms with Crippen LogP contribution in [-0.2, 0) is 0 Å². The Bertz CT molecular complexity index is 556. The summed E-state index contributed by atoms with van der Waals surface area (Å²) >= 11 is 1.54. The van der Waals surface area contributed by atoms with Crippen molar-refractivity contribution in [1.29, 1.82) is 0 Å². The molecule has 1 unspecified atom stereocenters. The van der Waals surface area contributed by atoms with E-state index in [1.165, 1.54) is 11.3 Å². The molecule has 0 spiro atoms. The van der Waals surface area contributed by atoms with Crippen molar-refractivity contribution < 1.29 is 10.2 Å². The van der Waals surface area contributed by atoms with Gasteiger partial charge in [-0.25, -0.2) is 4.98 Å². The highest BCUT2D eigenvalue weighted by atomic mass is 32.1. The van der Waals surface area contributed by atoms with E-state index in [1.807, 2.05) is 18.4 Å². The summed E-state index contributed by atoms with van der Waals surface area (Å²) in [5.41, 5.74) is -1.17. The van der Waals surface area contributed by atoms with Crippen LogP contribution in [0, 0.1) is 0 Å². The Balaban J connectivity index is 2.27. The van der Waals surface area contributed by atoms with E-state index in [-0.39, 0.29) is 13.2 Å². The van der Waals surface area contributed by atoms with Gasteiger partial charge >= 0.3 is 0 Å². The number of anilines is 2. The van der Waals surface area contributed by atoms with Crippen LogP contribution >= 0.6 is 11.3 Å². The number of fused-ring (bicyclic) bond motifs is 1. The standard InChI is InChI=1S/C12H18N4O2S/c1-3-13-11-15-9(14-6-12(2,18)7-17)8-4-5-19-10(8)16-11/h4-5,17-18H,3,6-7H2,1-2H3,(H2,13,14,15,16). The van der Waals surface area contributed by atoms with Crippen molar-refractivity contribution in [2.45, 2.75) is 19.4 Å². The second-order valence-corrected chi connectivity index (χ2v) is 5.47. The maximum atomic E-state index is 9.81. The van der Waals surface area contributed by atoms with Crippen LogP contribution in [0.1, 0.15) is 13.8 Å². The van der Waals surface area contributed by atoms with Crippen molar-refractivity contribution >= 4 is 33.3 Å². The van der Waals surface area contributed by atoms with Crippen LogP contribution in [0.3, 0.4) is 0 Å². The zero-order chi connectivity index (χ0) is 13.9. The third kappa shape index (κ3) is 3.31. The van der Waals surface area contributed by atoms with Gasteiger partial charge in [0.05, 0.1) is 12.0 Å². The van der Waals surface area contributed by atoms with Gasteiger partial charge in [0.2, 0.25) is 5.95 Å². The van der Waals surface area contributed by atoms with E-state index in [1.54, 1.807) is 6.92 Å². The normalized spacial score (nSPS) is 14.3. The average molecular weight is 282 g/mol. The minimum absolute atomic E-state index is 0.219. The summed E-state index contributed by atoms with van der Waals surface area (Å²) in [7, 11) is 0. The van der Waals surface area contributed by atoms with E-state index in [0.717, 1.165) is 16.8 Å². The van der Waals surface area contributed by atoms with Crippen LogP contribution in [0.25, 0.3) is 10.2 Å². The Labute approximate surface area is 115 Å². The molecule has 0 aromatic carbocycles. The number of hydrogen-bond acceptors (Lipinski definition) is 7. The molecule has 0 saturated carbocycles. The monoisotopic (exact) mass is 282 g/mol. The van der Waals surface area contributed by atoms with Gasteiger partial charge in [0.15, 0.2) is 0 Å². The highest BCUT2D eigenvalue weighted by Crippen LogP contribution is 2.26. The minimum atomic E-state index is -1.17. The first-order chi connectivity index (χ1) is 9.05. The lowest BCUT2D eigenvalue weighted by Crippen LogP contribution is -2.37. The summed E-state index contributed by atoms with van der Waals surface area (Å²) in [4.78, 5) is 9.66. The Kier molecular flexibility index (Phi) is 4.18. The van der Waals surface area contributed by atoms with Crippen molar-refractivity contribution in [1.82, 2.24) is 9.97 Å². The zero-order valence-electron chi connectivity index (χ0n) is 11.0. The molecule has 6 nitrogen and oxygen atoms in total. The number of aliphatic hydroxyl groups is 2. The van der Waals surface area contributed by atoms with Crippen LogP contribution in [0.15, 0.2) is 11.4 Å². The number of nitrogens with zero attached hydrogens (tertiary/aromatic N) is 2. The van der Waals surface area contributed by atoms with Gasteiger partial charge in [-0.05, 0) is 25.3 Å². The first-order valence-electron chi connectivity index (χ1n) is 6.12. The van der Waals surface area contributed by atoms with Gasteiger partial charge in [-0.3, -0.25) is 0 Å². The number of thiophene rings is 1. The zero-order valence-corrected chi connectivity index (χ0v) is 11.8. The number of hydrogen-bond donors (Lipinski definition) is 4. The van der Waals surface area contributed by atoms with Crippen LogP contribution in [0.5, 0.6) is 0 Å². The maximum Gasteiger partial charge on any atom is 0.226 e. The number of aromatic nitrogens is 2. The first kappa shape index (κ1) is 14.0. The first-order valence-corrected chi connectivity index (χ1v) is 7.00. The molecule has 2 aromatic rings. The molecule has 104 valence electrons. The molecule has 0 aliphatic rings. The number of aliphatic hydroxyl groups excluding tert-OH is 1. The second-order valence-electron chi connectivity index (χ2n) is 4.57. The van der Waals surface area contributed by atoms with Gasteiger partial charge < -0.3 is 20.8 Å². The van der Waals surface area contributed by atoms with Crippen LogP contribution in [-0.4, -0.2) is 45.5 Å². The molecule has 0 amide bonds. The van der Waals surface area contributed by atoms with Crippen LogP contribution in [0.4, 0.5) is 11.8 Å². The molecule has 2 heterocycles. The van der Waals surface area contributed by atoms with E-state index in [4.69, 9.17) is 5.11 Å². The molecule has 4 N–H and O–H groups in total. The van der Waals surface area contributed by atoms with Crippen molar-refractivity contribution in [2.75, 3.05) is 30.3 Å². The summed E-state index contributed by atoms with van der Waals surface area (Å²) in [6.45, 7) is 4.20. The quantitative estimate of drug-likeness (QED) is 0.638. The van der Waals surface area contributed by atoms with E-state index >= 15 is 0 Å². The Hall–Kier alpha value is -1.44. The second kappa shape index (κ2) is 5.68. The topological polar surface area (TPSA) is 90.3 Å². The summed E-state index contributed by atoms with van der Waals surface area (Å²) in [6, 6.07) is 1.94. The predicted molar refractivity (Wildman–Crippen MR) is 77.8 cm³/mol. The van der Waals surface area contributed by atoms with E-state index < -0.39 is 5.60 Å². The lowest BCUT2D eigenvalue weighted by atomic mass is 10.1. The van der Waals surface area contributed by atoms with E-state index in [9.17, 15) is 5.11 Å². The van der Waals surface area contributed by atoms with Crippen molar-refractivity contribution in [3.63, 3.8) is 0 Å². The average Bonchev–Trinajstić information content (AvgIpc) is 2.85. The molecule has 7 heteroatoms. The summed E-state index contributed by atoms with van der Waals surface area (Å²) in [5, 5.41) is 27.9. The number of rotatable bonds is 6. The molecule has 0 radical (unpaired) electrons. The lowest BCUT2D eigenvalue weighted by molar-refractivity contribution is 0.0132. The fraction of sp³-hybridized carbons (Fsp3) is 0.500. The van der Waals surface area contributed by atoms with E-state index in [2.05, 4.69) is 20.6 Å². The van der Waals surface area contributed by atoms with Gasteiger partial charge in [0, 0.05) is 13.1 Å². The summed E-state index contributed by atoms with van der Waals surface area (Å²) in [5.74, 6) is 1.22. The third-order valence-electron chi connectivity index (χ3n) is 2.64. The largest absolute Gasteiger partial charge is 0.393 e. The fourth-order valence-electron chi connectivity index (χ4n) is 1.56. The molecular formula is C12H18N4O2S. The Morgan fingerprint density at radius 2 is 2.16 bits per heavy atom. The summed E-state index contributed by atoms with van der Waals surface area (Å²) < 4.78 is 0. The summed E-state index contributed by atoms with van der Waals surface area (Å²) in [6.07, 6.45) is 0. The van der Waals surface area contributed by atoms with Crippen molar-refractivity contribution in [3.05, 3.63) is 11.4 Å². The van der Waals surface area contributed by atoms with Gasteiger partial charge in [0.25, 0.3) is 0 Å². The van der Waals surface area contributed by atoms with Crippen LogP contribution in [0.2, 0.25) is 0 Å². The predicted octanol–water partition coefficient (Wildman–Crippen LogP) is 1.28. The number of nitrogens with one attached hydrogen (secondary N) is 2. The van der Waals surface area contributed by atoms with Gasteiger partial charge in [-0.15, -0.1) is 11.3 Å². The molecule has 2 aromatic heterocycles. The van der Waals surface area contributed by atoms with Crippen molar-refractivity contribution in [2.24, 2.45) is 0 Å². The lowest BCUT2D eigenvalue weighted by Gasteiger charge is -2.21. The molecule has 2 rings (SSSR count). The van der Waals surface area contributed by atoms with Gasteiger partial charge in [0.1, 0.15) is 16.2 Å². The fourth-order valence-corrected chi connectivity index (χ4v) is 2.32. The molecule has 0 aliphatic heterocycles. The molecule has 19 heavy (non-hydrogen) atoms. The Morgan fingerprint density at radius 1 is 1.37 bits per heavy atom.